The van der Waals surface area contributed by atoms with Crippen molar-refractivity contribution >= 4 is 27.9 Å². The molecular weight excluding hydrogens is 500 g/mol. The molecule has 2 aromatic heterocycles. The average molecular weight is 526 g/mol. The Bertz CT molecular complexity index is 1390. The molecule has 11 heteroatoms. The molecule has 3 heterocycles. The van der Waals surface area contributed by atoms with E-state index in [0.29, 0.717) is 22.2 Å². The van der Waals surface area contributed by atoms with Crippen LogP contribution < -0.4 is 15.4 Å². The molecule has 0 radical (unpaired) electrons. The molecule has 3 N–H and O–H groups in total. The number of aromatic nitrogens is 3. The van der Waals surface area contributed by atoms with Gasteiger partial charge in [0.05, 0.1) is 25.6 Å². The van der Waals surface area contributed by atoms with E-state index >= 15 is 0 Å². The first-order chi connectivity index (χ1) is 17.7. The molecule has 2 aromatic rings. The normalized spacial score (nSPS) is 15.2. The summed E-state index contributed by atoms with van der Waals surface area (Å²) < 4.78 is 32.3. The van der Waals surface area contributed by atoms with Gasteiger partial charge in [0.2, 0.25) is 5.13 Å². The Hall–Kier alpha value is -3.80. The zero-order valence-corrected chi connectivity index (χ0v) is 21.3. The number of nitrogens with one attached hydrogen (secondary N) is 2. The fraction of sp³-hybridized carbons (Fsp3) is 0.385. The molecule has 0 bridgehead atoms. The fourth-order valence-corrected chi connectivity index (χ4v) is 3.80. The maximum Gasteiger partial charge on any atom is 0.280 e. The number of methoxy groups -OCH3 is 1. The van der Waals surface area contributed by atoms with E-state index in [9.17, 15) is 18.7 Å². The molecule has 192 valence electrons. The Balaban J connectivity index is 1.73. The lowest BCUT2D eigenvalue weighted by molar-refractivity contribution is -0.112. The van der Waals surface area contributed by atoms with Gasteiger partial charge in [0.25, 0.3) is 12.3 Å². The van der Waals surface area contributed by atoms with Gasteiger partial charge in [-0.3, -0.25) is 15.1 Å². The van der Waals surface area contributed by atoms with E-state index in [0.717, 1.165) is 24.2 Å². The van der Waals surface area contributed by atoms with Crippen LogP contribution in [0.2, 0.25) is 0 Å². The number of aliphatic hydroxyl groups excluding tert-OH is 1. The van der Waals surface area contributed by atoms with E-state index in [1.54, 1.807) is 19.9 Å². The highest BCUT2D eigenvalue weighted by Gasteiger charge is 2.25. The SMILES string of the molecule is COc1cnc(C(F)F)cc1C1=C(C(=O)Nc2nnc(C#CC3CC3)s2)CNC(C#CC(C)(C)CO)=C1. The summed E-state index contributed by atoms with van der Waals surface area (Å²) in [5.74, 6) is 12.1. The van der Waals surface area contributed by atoms with Crippen molar-refractivity contribution in [3.8, 4) is 29.4 Å². The van der Waals surface area contributed by atoms with Gasteiger partial charge in [0.1, 0.15) is 11.4 Å². The molecular formula is C26H25F2N5O3S. The minimum atomic E-state index is -2.81. The van der Waals surface area contributed by atoms with E-state index in [2.05, 4.69) is 49.5 Å². The van der Waals surface area contributed by atoms with Gasteiger partial charge in [-0.1, -0.05) is 23.2 Å². The van der Waals surface area contributed by atoms with Gasteiger partial charge >= 0.3 is 0 Å². The van der Waals surface area contributed by atoms with Crippen LogP contribution in [0.1, 0.15) is 49.4 Å². The van der Waals surface area contributed by atoms with Crippen LogP contribution in [-0.4, -0.2) is 46.5 Å². The second-order valence-electron chi connectivity index (χ2n) is 9.12. The Morgan fingerprint density at radius 3 is 2.81 bits per heavy atom. The minimum Gasteiger partial charge on any atom is -0.494 e. The third-order valence-corrected chi connectivity index (χ3v) is 6.26. The molecule has 0 saturated heterocycles. The summed E-state index contributed by atoms with van der Waals surface area (Å²) in [6.07, 6.45) is 2.16. The summed E-state index contributed by atoms with van der Waals surface area (Å²) in [6, 6.07) is 1.20. The van der Waals surface area contributed by atoms with Crippen LogP contribution in [0.15, 0.2) is 29.6 Å². The molecule has 0 spiro atoms. The highest BCUT2D eigenvalue weighted by atomic mass is 32.1. The van der Waals surface area contributed by atoms with Crippen molar-refractivity contribution in [3.05, 3.63) is 45.9 Å². The van der Waals surface area contributed by atoms with E-state index in [1.165, 1.54) is 19.4 Å². The molecule has 0 aromatic carbocycles. The highest BCUT2D eigenvalue weighted by molar-refractivity contribution is 7.15. The van der Waals surface area contributed by atoms with Crippen LogP contribution in [0, 0.1) is 35.0 Å². The van der Waals surface area contributed by atoms with Crippen molar-refractivity contribution in [2.75, 3.05) is 25.6 Å². The molecule has 1 aliphatic heterocycles. The fourth-order valence-electron chi connectivity index (χ4n) is 3.20. The molecule has 1 saturated carbocycles. The van der Waals surface area contributed by atoms with Gasteiger partial charge in [0.15, 0.2) is 5.01 Å². The molecule has 1 fully saturated rings. The third kappa shape index (κ3) is 6.70. The number of rotatable bonds is 6. The maximum atomic E-state index is 13.5. The smallest absolute Gasteiger partial charge is 0.280 e. The van der Waals surface area contributed by atoms with Gasteiger partial charge in [-0.2, -0.15) is 0 Å². The summed E-state index contributed by atoms with van der Waals surface area (Å²) in [4.78, 5) is 17.1. The second-order valence-corrected chi connectivity index (χ2v) is 10.1. The molecule has 0 unspecified atom stereocenters. The summed E-state index contributed by atoms with van der Waals surface area (Å²) in [7, 11) is 1.39. The average Bonchev–Trinajstić information content (AvgIpc) is 3.63. The Kier molecular flexibility index (Phi) is 7.86. The number of carbonyl (C=O) groups is 1. The third-order valence-electron chi connectivity index (χ3n) is 5.50. The zero-order chi connectivity index (χ0) is 26.6. The minimum absolute atomic E-state index is 0.0594. The Morgan fingerprint density at radius 1 is 1.35 bits per heavy atom. The van der Waals surface area contributed by atoms with Crippen LogP contribution in [-0.2, 0) is 4.79 Å². The summed E-state index contributed by atoms with van der Waals surface area (Å²) in [6.45, 7) is 3.48. The van der Waals surface area contributed by atoms with Crippen molar-refractivity contribution in [2.45, 2.75) is 33.1 Å². The highest BCUT2D eigenvalue weighted by Crippen LogP contribution is 2.34. The molecule has 0 atom stereocenters. The number of amides is 1. The maximum absolute atomic E-state index is 13.5. The molecule has 1 amide bonds. The van der Waals surface area contributed by atoms with Crippen molar-refractivity contribution < 1.29 is 23.4 Å². The number of pyridine rings is 1. The summed E-state index contributed by atoms with van der Waals surface area (Å²) in [5, 5.41) is 24.1. The molecule has 2 aliphatic rings. The van der Waals surface area contributed by atoms with Crippen LogP contribution in [0.5, 0.6) is 5.75 Å². The number of ether oxygens (including phenoxy) is 1. The van der Waals surface area contributed by atoms with Crippen LogP contribution >= 0.6 is 11.3 Å². The van der Waals surface area contributed by atoms with E-state index in [1.807, 2.05) is 0 Å². The largest absolute Gasteiger partial charge is 0.494 e. The lowest BCUT2D eigenvalue weighted by atomic mass is 9.93. The van der Waals surface area contributed by atoms with Gasteiger partial charge in [-0.15, -0.1) is 10.2 Å². The molecule has 8 nitrogen and oxygen atoms in total. The first-order valence-electron chi connectivity index (χ1n) is 11.5. The number of alkyl halides is 2. The number of hydrogen-bond acceptors (Lipinski definition) is 8. The second kappa shape index (κ2) is 11.1. The number of hydrogen-bond donors (Lipinski definition) is 3. The number of allylic oxidation sites excluding steroid dienone is 3. The van der Waals surface area contributed by atoms with Gasteiger partial charge in [0, 0.05) is 29.0 Å². The number of anilines is 1. The molecule has 37 heavy (non-hydrogen) atoms. The van der Waals surface area contributed by atoms with E-state index in [-0.39, 0.29) is 35.2 Å². The quantitative estimate of drug-likeness (QED) is 0.495. The number of dihydropyridines is 1. The van der Waals surface area contributed by atoms with Gasteiger partial charge < -0.3 is 15.2 Å². The summed E-state index contributed by atoms with van der Waals surface area (Å²) in [5.41, 5.74) is 0.234. The number of aliphatic hydroxyl groups is 1. The van der Waals surface area contributed by atoms with Gasteiger partial charge in [-0.25, -0.2) is 8.78 Å². The van der Waals surface area contributed by atoms with E-state index in [4.69, 9.17) is 4.74 Å². The number of carbonyl (C=O) groups excluding carboxylic acids is 1. The molecule has 4 rings (SSSR count). The van der Waals surface area contributed by atoms with Gasteiger partial charge in [-0.05, 0) is 56.2 Å². The predicted molar refractivity (Wildman–Crippen MR) is 136 cm³/mol. The topological polar surface area (TPSA) is 109 Å². The lowest BCUT2D eigenvalue weighted by Crippen LogP contribution is -2.28. The van der Waals surface area contributed by atoms with Crippen LogP contribution in [0.25, 0.3) is 5.57 Å². The predicted octanol–water partition coefficient (Wildman–Crippen LogP) is 3.54. The zero-order valence-electron chi connectivity index (χ0n) is 20.5. The number of nitrogens with zero attached hydrogens (tertiary/aromatic N) is 3. The lowest BCUT2D eigenvalue weighted by Gasteiger charge is -2.21. The first-order valence-corrected chi connectivity index (χ1v) is 12.3. The summed E-state index contributed by atoms with van der Waals surface area (Å²) >= 11 is 1.15. The monoisotopic (exact) mass is 525 g/mol. The standard InChI is InChI=1S/C26H25F2N5O3S/c1-26(2,14-34)9-8-16-10-17(18-11-20(23(27)28)30-13-21(18)36-3)19(12-29-16)24(35)31-25-33-32-22(37-25)7-6-15-4-5-15/h10-11,13,15,23,29,34H,4-5,12,14H2,1-3H3,(H,31,33,35). The first kappa shape index (κ1) is 26.3. The van der Waals surface area contributed by atoms with E-state index < -0.39 is 23.4 Å². The molecule has 1 aliphatic carbocycles. The van der Waals surface area contributed by atoms with Crippen molar-refractivity contribution in [1.29, 1.82) is 0 Å². The van der Waals surface area contributed by atoms with Crippen molar-refractivity contribution in [3.63, 3.8) is 0 Å². The van der Waals surface area contributed by atoms with Crippen molar-refractivity contribution in [1.82, 2.24) is 20.5 Å². The number of halogens is 2. The van der Waals surface area contributed by atoms with Crippen LogP contribution in [0.4, 0.5) is 13.9 Å². The van der Waals surface area contributed by atoms with Crippen molar-refractivity contribution in [2.24, 2.45) is 11.3 Å². The van der Waals surface area contributed by atoms with Crippen LogP contribution in [0.3, 0.4) is 0 Å². The Morgan fingerprint density at radius 2 is 2.14 bits per heavy atom. The Labute approximate surface area is 217 Å².